The largest absolute Gasteiger partial charge is 0.301 e. The van der Waals surface area contributed by atoms with Gasteiger partial charge in [0, 0.05) is 29.5 Å². The smallest absolute Gasteiger partial charge is 0.236 e. The first-order chi connectivity index (χ1) is 13.7. The van der Waals surface area contributed by atoms with E-state index in [1.165, 1.54) is 23.1 Å². The fraction of sp³-hybridized carbons (Fsp3) is 0.105. The number of aromatic nitrogens is 5. The number of benzene rings is 1. The standard InChI is InChI=1S/C19H16N6OS2/c1-13-4-2-3-5-15(13)25-17(14-6-8-20-9-7-14)23-24-19(25)28-12-16(26)22-18-21-10-11-27-18/h2-11H,12H2,1H3,(H,21,22,26). The molecule has 0 aliphatic heterocycles. The maximum atomic E-state index is 12.2. The lowest BCUT2D eigenvalue weighted by Crippen LogP contribution is -2.14. The maximum Gasteiger partial charge on any atom is 0.236 e. The number of carbonyl (C=O) groups excluding carboxylic acids is 1. The van der Waals surface area contributed by atoms with Crippen LogP contribution >= 0.6 is 23.1 Å². The first kappa shape index (κ1) is 18.3. The molecule has 0 saturated heterocycles. The molecule has 0 saturated carbocycles. The molecule has 0 atom stereocenters. The van der Waals surface area contributed by atoms with Gasteiger partial charge in [0.15, 0.2) is 16.1 Å². The molecule has 140 valence electrons. The summed E-state index contributed by atoms with van der Waals surface area (Å²) in [4.78, 5) is 20.4. The summed E-state index contributed by atoms with van der Waals surface area (Å²) in [6.07, 6.45) is 5.10. The first-order valence-electron chi connectivity index (χ1n) is 8.46. The van der Waals surface area contributed by atoms with Crippen molar-refractivity contribution in [2.24, 2.45) is 0 Å². The molecule has 1 amide bonds. The molecular weight excluding hydrogens is 392 g/mol. The topological polar surface area (TPSA) is 85.6 Å². The van der Waals surface area contributed by atoms with Gasteiger partial charge in [0.2, 0.25) is 5.91 Å². The molecule has 9 heteroatoms. The summed E-state index contributed by atoms with van der Waals surface area (Å²) in [7, 11) is 0. The molecule has 28 heavy (non-hydrogen) atoms. The van der Waals surface area contributed by atoms with E-state index < -0.39 is 0 Å². The fourth-order valence-corrected chi connectivity index (χ4v) is 3.94. The Kier molecular flexibility index (Phi) is 5.45. The molecule has 0 aliphatic rings. The van der Waals surface area contributed by atoms with Gasteiger partial charge in [-0.1, -0.05) is 30.0 Å². The van der Waals surface area contributed by atoms with Gasteiger partial charge in [-0.3, -0.25) is 14.3 Å². The Labute approximate surface area is 169 Å². The Morgan fingerprint density at radius 2 is 1.96 bits per heavy atom. The Hall–Kier alpha value is -3.04. The molecule has 0 aliphatic carbocycles. The Morgan fingerprint density at radius 1 is 1.14 bits per heavy atom. The lowest BCUT2D eigenvalue weighted by molar-refractivity contribution is -0.113. The Morgan fingerprint density at radius 3 is 2.71 bits per heavy atom. The maximum absolute atomic E-state index is 12.2. The zero-order chi connectivity index (χ0) is 19.3. The minimum Gasteiger partial charge on any atom is -0.301 e. The number of carbonyl (C=O) groups is 1. The van der Waals surface area contributed by atoms with Crippen LogP contribution in [0.15, 0.2) is 65.5 Å². The number of anilines is 1. The third kappa shape index (κ3) is 3.95. The number of nitrogens with zero attached hydrogens (tertiary/aromatic N) is 5. The minimum absolute atomic E-state index is 0.134. The van der Waals surface area contributed by atoms with Crippen LogP contribution in [-0.4, -0.2) is 36.4 Å². The Bertz CT molecular complexity index is 1080. The lowest BCUT2D eigenvalue weighted by Gasteiger charge is -2.12. The van der Waals surface area contributed by atoms with E-state index in [9.17, 15) is 4.79 Å². The number of rotatable bonds is 6. The molecule has 1 N–H and O–H groups in total. The van der Waals surface area contributed by atoms with Crippen molar-refractivity contribution in [2.45, 2.75) is 12.1 Å². The predicted octanol–water partition coefficient (Wildman–Crippen LogP) is 3.83. The van der Waals surface area contributed by atoms with Crippen molar-refractivity contribution in [1.82, 2.24) is 24.7 Å². The second-order valence-corrected chi connectivity index (χ2v) is 7.68. The summed E-state index contributed by atoms with van der Waals surface area (Å²) >= 11 is 2.72. The van der Waals surface area contributed by atoms with Gasteiger partial charge in [-0.2, -0.15) is 0 Å². The van der Waals surface area contributed by atoms with Crippen LogP contribution in [0.3, 0.4) is 0 Å². The van der Waals surface area contributed by atoms with Crippen LogP contribution < -0.4 is 5.32 Å². The SMILES string of the molecule is Cc1ccccc1-n1c(SCC(=O)Nc2nccs2)nnc1-c1ccncc1. The van der Waals surface area contributed by atoms with Gasteiger partial charge in [-0.15, -0.1) is 21.5 Å². The summed E-state index contributed by atoms with van der Waals surface area (Å²) in [5, 5.41) is 14.6. The van der Waals surface area contributed by atoms with E-state index in [1.807, 2.05) is 53.3 Å². The highest BCUT2D eigenvalue weighted by molar-refractivity contribution is 7.99. The van der Waals surface area contributed by atoms with Crippen molar-refractivity contribution < 1.29 is 4.79 Å². The van der Waals surface area contributed by atoms with Gasteiger partial charge in [0.1, 0.15) is 0 Å². The zero-order valence-electron chi connectivity index (χ0n) is 14.9. The average molecular weight is 409 g/mol. The summed E-state index contributed by atoms with van der Waals surface area (Å²) in [6.45, 7) is 2.04. The normalized spacial score (nSPS) is 10.8. The van der Waals surface area contributed by atoms with Crippen LogP contribution in [0, 0.1) is 6.92 Å². The van der Waals surface area contributed by atoms with Crippen LogP contribution in [0.2, 0.25) is 0 Å². The summed E-state index contributed by atoms with van der Waals surface area (Å²) < 4.78 is 1.98. The highest BCUT2D eigenvalue weighted by atomic mass is 32.2. The van der Waals surface area contributed by atoms with E-state index in [0.29, 0.717) is 16.1 Å². The molecule has 3 heterocycles. The van der Waals surface area contributed by atoms with Gasteiger partial charge in [0.05, 0.1) is 11.4 Å². The van der Waals surface area contributed by atoms with Crippen molar-refractivity contribution in [2.75, 3.05) is 11.1 Å². The van der Waals surface area contributed by atoms with Gasteiger partial charge in [0.25, 0.3) is 0 Å². The quantitative estimate of drug-likeness (QED) is 0.488. The van der Waals surface area contributed by atoms with Crippen LogP contribution in [0.5, 0.6) is 0 Å². The third-order valence-electron chi connectivity index (χ3n) is 3.94. The van der Waals surface area contributed by atoms with Crippen molar-refractivity contribution in [3.63, 3.8) is 0 Å². The zero-order valence-corrected chi connectivity index (χ0v) is 16.6. The van der Waals surface area contributed by atoms with Crippen LogP contribution in [0.25, 0.3) is 17.1 Å². The number of aryl methyl sites for hydroxylation is 1. The van der Waals surface area contributed by atoms with E-state index in [1.54, 1.807) is 18.6 Å². The predicted molar refractivity (Wildman–Crippen MR) is 111 cm³/mol. The molecular formula is C19H16N6OS2. The highest BCUT2D eigenvalue weighted by Crippen LogP contribution is 2.29. The van der Waals surface area contributed by atoms with Gasteiger partial charge in [-0.25, -0.2) is 4.98 Å². The molecule has 0 fully saturated rings. The van der Waals surface area contributed by atoms with Crippen LogP contribution in [0.4, 0.5) is 5.13 Å². The second-order valence-electron chi connectivity index (χ2n) is 5.84. The van der Waals surface area contributed by atoms with Crippen molar-refractivity contribution in [3.05, 3.63) is 65.9 Å². The van der Waals surface area contributed by atoms with Crippen molar-refractivity contribution in [3.8, 4) is 17.1 Å². The molecule has 0 spiro atoms. The van der Waals surface area contributed by atoms with Gasteiger partial charge in [-0.05, 0) is 30.7 Å². The first-order valence-corrected chi connectivity index (χ1v) is 10.3. The molecule has 4 rings (SSSR count). The number of nitrogens with one attached hydrogen (secondary N) is 1. The fourth-order valence-electron chi connectivity index (χ4n) is 2.65. The number of para-hydroxylation sites is 1. The Balaban J connectivity index is 1.65. The summed E-state index contributed by atoms with van der Waals surface area (Å²) in [5.41, 5.74) is 2.97. The lowest BCUT2D eigenvalue weighted by atomic mass is 10.2. The second kappa shape index (κ2) is 8.32. The molecule has 7 nitrogen and oxygen atoms in total. The minimum atomic E-state index is -0.134. The number of pyridine rings is 1. The molecule has 0 unspecified atom stereocenters. The van der Waals surface area contributed by atoms with E-state index >= 15 is 0 Å². The molecule has 4 aromatic rings. The third-order valence-corrected chi connectivity index (χ3v) is 5.56. The molecule has 1 aromatic carbocycles. The number of hydrogen-bond acceptors (Lipinski definition) is 7. The monoisotopic (exact) mass is 408 g/mol. The van der Waals surface area contributed by atoms with Crippen molar-refractivity contribution >= 4 is 34.1 Å². The van der Waals surface area contributed by atoms with Gasteiger partial charge < -0.3 is 5.32 Å². The summed E-state index contributed by atoms with van der Waals surface area (Å²) in [5.74, 6) is 0.782. The van der Waals surface area contributed by atoms with Crippen molar-refractivity contribution in [1.29, 1.82) is 0 Å². The summed E-state index contributed by atoms with van der Waals surface area (Å²) in [6, 6.07) is 11.8. The van der Waals surface area contributed by atoms with E-state index in [0.717, 1.165) is 16.8 Å². The van der Waals surface area contributed by atoms with E-state index in [2.05, 4.69) is 25.5 Å². The van der Waals surface area contributed by atoms with Gasteiger partial charge >= 0.3 is 0 Å². The molecule has 0 bridgehead atoms. The van der Waals surface area contributed by atoms with E-state index in [-0.39, 0.29) is 11.7 Å². The number of hydrogen-bond donors (Lipinski definition) is 1. The number of thioether (sulfide) groups is 1. The molecule has 0 radical (unpaired) electrons. The van der Waals surface area contributed by atoms with E-state index in [4.69, 9.17) is 0 Å². The number of amides is 1. The average Bonchev–Trinajstić information content (AvgIpc) is 3.37. The number of thiazole rings is 1. The van der Waals surface area contributed by atoms with Crippen LogP contribution in [-0.2, 0) is 4.79 Å². The highest BCUT2D eigenvalue weighted by Gasteiger charge is 2.18. The molecule has 3 aromatic heterocycles. The van der Waals surface area contributed by atoms with Crippen LogP contribution in [0.1, 0.15) is 5.56 Å².